The first-order valence-electron chi connectivity index (χ1n) is 7.38. The Morgan fingerprint density at radius 2 is 2.15 bits per heavy atom. The Kier molecular flexibility index (Phi) is 4.38. The number of thiophene rings is 1. The van der Waals surface area contributed by atoms with Crippen LogP contribution in [0, 0.1) is 0 Å². The summed E-state index contributed by atoms with van der Waals surface area (Å²) < 4.78 is 5.76. The SMILES string of the molecule is CCC1CC(Nc2ccccc2-c2cccs2)CCO1. The maximum Gasteiger partial charge on any atom is 0.0592 e. The van der Waals surface area contributed by atoms with Crippen LogP contribution in [0.25, 0.3) is 10.4 Å². The van der Waals surface area contributed by atoms with Crippen LogP contribution in [0.5, 0.6) is 0 Å². The number of nitrogens with one attached hydrogen (secondary N) is 1. The van der Waals surface area contributed by atoms with E-state index in [1.54, 1.807) is 11.3 Å². The van der Waals surface area contributed by atoms with E-state index in [0.717, 1.165) is 25.9 Å². The lowest BCUT2D eigenvalue weighted by Gasteiger charge is -2.30. The third-order valence-electron chi connectivity index (χ3n) is 3.90. The van der Waals surface area contributed by atoms with E-state index in [9.17, 15) is 0 Å². The first-order valence-corrected chi connectivity index (χ1v) is 8.26. The van der Waals surface area contributed by atoms with Gasteiger partial charge in [0.2, 0.25) is 0 Å². The number of para-hydroxylation sites is 1. The Balaban J connectivity index is 1.77. The van der Waals surface area contributed by atoms with Crippen molar-refractivity contribution in [3.63, 3.8) is 0 Å². The molecule has 0 saturated carbocycles. The van der Waals surface area contributed by atoms with Crippen molar-refractivity contribution >= 4 is 17.0 Å². The normalized spacial score (nSPS) is 22.6. The molecule has 2 aromatic rings. The Hall–Kier alpha value is -1.32. The highest BCUT2D eigenvalue weighted by Crippen LogP contribution is 2.32. The van der Waals surface area contributed by atoms with Crippen LogP contribution in [-0.2, 0) is 4.74 Å². The highest BCUT2D eigenvalue weighted by Gasteiger charge is 2.21. The summed E-state index contributed by atoms with van der Waals surface area (Å²) in [5.41, 5.74) is 2.55. The summed E-state index contributed by atoms with van der Waals surface area (Å²) in [5.74, 6) is 0. The van der Waals surface area contributed by atoms with Gasteiger partial charge in [-0.05, 0) is 36.8 Å². The van der Waals surface area contributed by atoms with Gasteiger partial charge in [-0.2, -0.15) is 0 Å². The van der Waals surface area contributed by atoms with E-state index >= 15 is 0 Å². The lowest BCUT2D eigenvalue weighted by Crippen LogP contribution is -2.33. The number of rotatable bonds is 4. The number of hydrogen-bond acceptors (Lipinski definition) is 3. The number of anilines is 1. The molecule has 0 spiro atoms. The fraction of sp³-hybridized carbons (Fsp3) is 0.412. The van der Waals surface area contributed by atoms with Crippen molar-refractivity contribution in [3.8, 4) is 10.4 Å². The Morgan fingerprint density at radius 3 is 2.95 bits per heavy atom. The highest BCUT2D eigenvalue weighted by molar-refractivity contribution is 7.13. The van der Waals surface area contributed by atoms with Gasteiger partial charge in [0.05, 0.1) is 6.10 Å². The second-order valence-electron chi connectivity index (χ2n) is 5.29. The minimum atomic E-state index is 0.412. The van der Waals surface area contributed by atoms with Gasteiger partial charge in [-0.3, -0.25) is 0 Å². The molecule has 1 fully saturated rings. The molecule has 3 heteroatoms. The first-order chi connectivity index (χ1) is 9.86. The summed E-state index contributed by atoms with van der Waals surface area (Å²) in [6, 6.07) is 13.4. The average molecular weight is 287 g/mol. The van der Waals surface area contributed by atoms with E-state index in [-0.39, 0.29) is 0 Å². The third-order valence-corrected chi connectivity index (χ3v) is 4.80. The molecule has 2 unspecified atom stereocenters. The smallest absolute Gasteiger partial charge is 0.0592 e. The van der Waals surface area contributed by atoms with Crippen molar-refractivity contribution in [3.05, 3.63) is 41.8 Å². The van der Waals surface area contributed by atoms with Crippen LogP contribution >= 0.6 is 11.3 Å². The lowest BCUT2D eigenvalue weighted by atomic mass is 10.0. The van der Waals surface area contributed by atoms with Crippen molar-refractivity contribution in [1.29, 1.82) is 0 Å². The van der Waals surface area contributed by atoms with Gasteiger partial charge in [0, 0.05) is 28.8 Å². The summed E-state index contributed by atoms with van der Waals surface area (Å²) in [4.78, 5) is 1.33. The summed E-state index contributed by atoms with van der Waals surface area (Å²) in [6.07, 6.45) is 3.71. The van der Waals surface area contributed by atoms with Gasteiger partial charge < -0.3 is 10.1 Å². The standard InChI is InChI=1S/C17H21NOS/c1-2-14-12-13(9-10-19-14)18-16-7-4-3-6-15(16)17-8-5-11-20-17/h3-8,11,13-14,18H,2,9-10,12H2,1H3. The van der Waals surface area contributed by atoms with Crippen molar-refractivity contribution in [2.24, 2.45) is 0 Å². The molecule has 3 rings (SSSR count). The minimum Gasteiger partial charge on any atom is -0.382 e. The van der Waals surface area contributed by atoms with Crippen LogP contribution in [0.15, 0.2) is 41.8 Å². The van der Waals surface area contributed by atoms with Crippen LogP contribution in [0.3, 0.4) is 0 Å². The zero-order valence-corrected chi connectivity index (χ0v) is 12.7. The molecule has 0 bridgehead atoms. The van der Waals surface area contributed by atoms with E-state index in [1.807, 2.05) is 0 Å². The van der Waals surface area contributed by atoms with E-state index in [4.69, 9.17) is 4.74 Å². The first kappa shape index (κ1) is 13.7. The van der Waals surface area contributed by atoms with Crippen LogP contribution in [-0.4, -0.2) is 18.8 Å². The van der Waals surface area contributed by atoms with Gasteiger partial charge in [-0.25, -0.2) is 0 Å². The monoisotopic (exact) mass is 287 g/mol. The van der Waals surface area contributed by atoms with Crippen LogP contribution in [0.2, 0.25) is 0 Å². The molecule has 0 radical (unpaired) electrons. The molecule has 0 amide bonds. The lowest BCUT2D eigenvalue weighted by molar-refractivity contribution is 0.00926. The molecule has 1 aromatic carbocycles. The second-order valence-corrected chi connectivity index (χ2v) is 6.24. The zero-order valence-electron chi connectivity index (χ0n) is 11.8. The molecule has 1 aromatic heterocycles. The van der Waals surface area contributed by atoms with Crippen molar-refractivity contribution in [2.75, 3.05) is 11.9 Å². The molecule has 106 valence electrons. The fourth-order valence-corrected chi connectivity index (χ4v) is 3.54. The van der Waals surface area contributed by atoms with E-state index in [1.165, 1.54) is 16.1 Å². The van der Waals surface area contributed by atoms with Crippen LogP contribution in [0.4, 0.5) is 5.69 Å². The maximum absolute atomic E-state index is 5.76. The number of hydrogen-bond donors (Lipinski definition) is 1. The largest absolute Gasteiger partial charge is 0.382 e. The second kappa shape index (κ2) is 6.42. The van der Waals surface area contributed by atoms with Gasteiger partial charge in [0.1, 0.15) is 0 Å². The topological polar surface area (TPSA) is 21.3 Å². The van der Waals surface area contributed by atoms with Gasteiger partial charge in [0.25, 0.3) is 0 Å². The van der Waals surface area contributed by atoms with Crippen molar-refractivity contribution < 1.29 is 4.74 Å². The molecule has 1 aliphatic heterocycles. The zero-order chi connectivity index (χ0) is 13.8. The number of ether oxygens (including phenoxy) is 1. The molecule has 2 heterocycles. The quantitative estimate of drug-likeness (QED) is 0.873. The molecule has 1 aliphatic rings. The van der Waals surface area contributed by atoms with Crippen LogP contribution < -0.4 is 5.32 Å². The van der Waals surface area contributed by atoms with E-state index < -0.39 is 0 Å². The summed E-state index contributed by atoms with van der Waals surface area (Å²) in [5, 5.41) is 5.86. The summed E-state index contributed by atoms with van der Waals surface area (Å²) in [6.45, 7) is 3.07. The van der Waals surface area contributed by atoms with Gasteiger partial charge >= 0.3 is 0 Å². The Morgan fingerprint density at radius 1 is 1.25 bits per heavy atom. The predicted molar refractivity (Wildman–Crippen MR) is 86.4 cm³/mol. The molecule has 2 atom stereocenters. The molecule has 1 N–H and O–H groups in total. The fourth-order valence-electron chi connectivity index (χ4n) is 2.77. The molecular weight excluding hydrogens is 266 g/mol. The molecular formula is C17H21NOS. The molecule has 2 nitrogen and oxygen atoms in total. The van der Waals surface area contributed by atoms with E-state index in [2.05, 4.69) is 54.0 Å². The predicted octanol–water partition coefficient (Wildman–Crippen LogP) is 4.78. The van der Waals surface area contributed by atoms with E-state index in [0.29, 0.717) is 12.1 Å². The third kappa shape index (κ3) is 3.05. The van der Waals surface area contributed by atoms with Gasteiger partial charge in [-0.15, -0.1) is 11.3 Å². The molecule has 1 saturated heterocycles. The Bertz CT molecular complexity index is 538. The summed E-state index contributed by atoms with van der Waals surface area (Å²) in [7, 11) is 0. The minimum absolute atomic E-state index is 0.412. The van der Waals surface area contributed by atoms with Crippen molar-refractivity contribution in [2.45, 2.75) is 38.3 Å². The Labute approximate surface area is 124 Å². The average Bonchev–Trinajstić information content (AvgIpc) is 3.02. The molecule has 0 aliphatic carbocycles. The summed E-state index contributed by atoms with van der Waals surface area (Å²) >= 11 is 1.79. The van der Waals surface area contributed by atoms with Crippen LogP contribution in [0.1, 0.15) is 26.2 Å². The maximum atomic E-state index is 5.76. The van der Waals surface area contributed by atoms with Gasteiger partial charge in [0.15, 0.2) is 0 Å². The number of benzene rings is 1. The van der Waals surface area contributed by atoms with Crippen molar-refractivity contribution in [1.82, 2.24) is 0 Å². The molecule has 20 heavy (non-hydrogen) atoms. The highest BCUT2D eigenvalue weighted by atomic mass is 32.1. The van der Waals surface area contributed by atoms with Gasteiger partial charge in [-0.1, -0.05) is 31.2 Å².